The number of fused-ring (bicyclic) bond motifs is 4. The lowest BCUT2D eigenvalue weighted by atomic mass is 9.86. The summed E-state index contributed by atoms with van der Waals surface area (Å²) in [7, 11) is 1.61. The number of hydrogen-bond acceptors (Lipinski definition) is 5. The summed E-state index contributed by atoms with van der Waals surface area (Å²) in [5.74, 6) is 1.16. The molecule has 1 amide bonds. The van der Waals surface area contributed by atoms with Gasteiger partial charge >= 0.3 is 0 Å². The number of rotatable bonds is 5. The Balaban J connectivity index is 1.32. The molecule has 1 saturated heterocycles. The van der Waals surface area contributed by atoms with E-state index in [2.05, 4.69) is 15.6 Å². The number of nitrogens with zero attached hydrogens (tertiary/aromatic N) is 3. The molecule has 0 aliphatic carbocycles. The van der Waals surface area contributed by atoms with Gasteiger partial charge in [0, 0.05) is 68.2 Å². The summed E-state index contributed by atoms with van der Waals surface area (Å²) >= 11 is 6.23. The molecule has 166 valence electrons. The Morgan fingerprint density at radius 2 is 2.03 bits per heavy atom. The molecule has 1 spiro atoms. The van der Waals surface area contributed by atoms with E-state index in [1.165, 1.54) is 0 Å². The Morgan fingerprint density at radius 3 is 2.84 bits per heavy atom. The highest BCUT2D eigenvalue weighted by molar-refractivity contribution is 6.30. The van der Waals surface area contributed by atoms with Crippen molar-refractivity contribution in [3.05, 3.63) is 71.1 Å². The van der Waals surface area contributed by atoms with Crippen LogP contribution < -0.4 is 9.47 Å². The lowest BCUT2D eigenvalue weighted by Crippen LogP contribution is -2.50. The van der Waals surface area contributed by atoms with Crippen LogP contribution in [0.25, 0.3) is 5.69 Å². The summed E-state index contributed by atoms with van der Waals surface area (Å²) in [4.78, 5) is 19.2. The predicted octanol–water partition coefficient (Wildman–Crippen LogP) is 4.07. The Bertz CT molecular complexity index is 1140. The number of benzene rings is 1. The maximum Gasteiger partial charge on any atom is 0.254 e. The highest BCUT2D eigenvalue weighted by Crippen LogP contribution is 2.45. The van der Waals surface area contributed by atoms with Crippen molar-refractivity contribution in [1.29, 1.82) is 0 Å². The molecule has 2 aliphatic heterocycles. The van der Waals surface area contributed by atoms with Crippen molar-refractivity contribution in [3.8, 4) is 17.3 Å². The van der Waals surface area contributed by atoms with Crippen LogP contribution in [0.1, 0.15) is 28.9 Å². The molecule has 0 radical (unpaired) electrons. The highest BCUT2D eigenvalue weighted by atomic mass is 35.5. The third kappa shape index (κ3) is 3.72. The predicted molar refractivity (Wildman–Crippen MR) is 120 cm³/mol. The Morgan fingerprint density at radius 1 is 1.19 bits per heavy atom. The first-order valence-corrected chi connectivity index (χ1v) is 11.0. The number of ether oxygens (including phenoxy) is 3. The van der Waals surface area contributed by atoms with E-state index in [9.17, 15) is 4.79 Å². The molecular formula is C24H24ClN3O4. The molecule has 1 fully saturated rings. The van der Waals surface area contributed by atoms with Crippen molar-refractivity contribution in [3.63, 3.8) is 0 Å². The van der Waals surface area contributed by atoms with Crippen molar-refractivity contribution < 1.29 is 19.0 Å². The molecule has 0 bridgehead atoms. The molecule has 0 saturated carbocycles. The van der Waals surface area contributed by atoms with Crippen molar-refractivity contribution in [1.82, 2.24) is 14.5 Å². The third-order valence-corrected chi connectivity index (χ3v) is 6.31. The largest absolute Gasteiger partial charge is 0.479 e. The van der Waals surface area contributed by atoms with E-state index in [4.69, 9.17) is 25.8 Å². The van der Waals surface area contributed by atoms with E-state index >= 15 is 0 Å². The topological polar surface area (TPSA) is 65.8 Å². The van der Waals surface area contributed by atoms with E-state index in [1.807, 2.05) is 35.4 Å². The molecule has 0 unspecified atom stereocenters. The van der Waals surface area contributed by atoms with Crippen LogP contribution in [0.2, 0.25) is 5.02 Å². The fourth-order valence-corrected chi connectivity index (χ4v) is 4.62. The zero-order valence-corrected chi connectivity index (χ0v) is 18.5. The second-order valence-electron chi connectivity index (χ2n) is 7.99. The van der Waals surface area contributed by atoms with Gasteiger partial charge in [0.15, 0.2) is 5.60 Å². The Labute approximate surface area is 191 Å². The maximum atomic E-state index is 13.1. The lowest BCUT2D eigenvalue weighted by Gasteiger charge is -2.45. The molecule has 0 N–H and O–H groups in total. The number of carbonyl (C=O) groups excluding carboxylic acids is 1. The minimum Gasteiger partial charge on any atom is -0.479 e. The number of carbonyl (C=O) groups is 1. The third-order valence-electron chi connectivity index (χ3n) is 6.08. The first-order chi connectivity index (χ1) is 15.6. The van der Waals surface area contributed by atoms with E-state index in [0.717, 1.165) is 17.1 Å². The van der Waals surface area contributed by atoms with Gasteiger partial charge in [-0.3, -0.25) is 4.79 Å². The fraction of sp³-hybridized carbons (Fsp3) is 0.333. The van der Waals surface area contributed by atoms with Gasteiger partial charge in [0.05, 0.1) is 18.0 Å². The van der Waals surface area contributed by atoms with E-state index < -0.39 is 5.60 Å². The monoisotopic (exact) mass is 453 g/mol. The van der Waals surface area contributed by atoms with Crippen LogP contribution in [0.3, 0.4) is 0 Å². The van der Waals surface area contributed by atoms with Gasteiger partial charge in [-0.2, -0.15) is 0 Å². The number of methoxy groups -OCH3 is 1. The molecule has 2 aliphatic rings. The lowest BCUT2D eigenvalue weighted by molar-refractivity contribution is -0.00931. The fourth-order valence-electron chi connectivity index (χ4n) is 4.46. The molecule has 32 heavy (non-hydrogen) atoms. The van der Waals surface area contributed by atoms with Gasteiger partial charge in [0.1, 0.15) is 12.4 Å². The van der Waals surface area contributed by atoms with Crippen molar-refractivity contribution in [2.75, 3.05) is 33.4 Å². The van der Waals surface area contributed by atoms with Crippen LogP contribution in [-0.4, -0.2) is 53.8 Å². The zero-order chi connectivity index (χ0) is 22.1. The summed E-state index contributed by atoms with van der Waals surface area (Å²) in [6.45, 7) is 2.02. The second kappa shape index (κ2) is 8.48. The minimum atomic E-state index is -0.482. The number of hydrogen-bond donors (Lipinski definition) is 0. The summed E-state index contributed by atoms with van der Waals surface area (Å²) in [6.07, 6.45) is 5.03. The van der Waals surface area contributed by atoms with Gasteiger partial charge in [-0.15, -0.1) is 0 Å². The molecule has 0 atom stereocenters. The summed E-state index contributed by atoms with van der Waals surface area (Å²) in [6, 6.07) is 13.2. The van der Waals surface area contributed by atoms with E-state index in [-0.39, 0.29) is 5.91 Å². The van der Waals surface area contributed by atoms with Crippen LogP contribution >= 0.6 is 11.6 Å². The molecular weight excluding hydrogens is 430 g/mol. The molecule has 4 heterocycles. The number of amides is 1. The molecule has 3 aromatic rings. The maximum absolute atomic E-state index is 13.1. The molecule has 8 heteroatoms. The SMILES string of the molecule is COCCOc1cc(C(=O)N2CCC3(CC2)Oc2cc(Cl)ccc2-n2cccc23)ccn1. The quantitative estimate of drug-likeness (QED) is 0.545. The molecule has 5 rings (SSSR count). The summed E-state index contributed by atoms with van der Waals surface area (Å²) in [5.41, 5.74) is 2.17. The van der Waals surface area contributed by atoms with Crippen LogP contribution in [0.5, 0.6) is 11.6 Å². The normalized spacial score (nSPS) is 16.2. The van der Waals surface area contributed by atoms with Gasteiger partial charge in [0.25, 0.3) is 5.91 Å². The Hall–Kier alpha value is -3.03. The first kappa shape index (κ1) is 20.8. The van der Waals surface area contributed by atoms with E-state index in [1.54, 1.807) is 25.4 Å². The molecule has 2 aromatic heterocycles. The number of pyridine rings is 1. The number of aromatic nitrogens is 2. The second-order valence-corrected chi connectivity index (χ2v) is 8.42. The number of piperidine rings is 1. The number of halogens is 1. The van der Waals surface area contributed by atoms with Crippen molar-refractivity contribution in [2.24, 2.45) is 0 Å². The van der Waals surface area contributed by atoms with Crippen LogP contribution in [0.15, 0.2) is 54.9 Å². The smallest absolute Gasteiger partial charge is 0.254 e. The average molecular weight is 454 g/mol. The summed E-state index contributed by atoms with van der Waals surface area (Å²) < 4.78 is 19.3. The average Bonchev–Trinajstić information content (AvgIpc) is 3.31. The minimum absolute atomic E-state index is 0.0338. The van der Waals surface area contributed by atoms with Crippen LogP contribution in [0.4, 0.5) is 0 Å². The van der Waals surface area contributed by atoms with Crippen molar-refractivity contribution >= 4 is 17.5 Å². The number of likely N-dealkylation sites (tertiary alicyclic amines) is 1. The molecule has 7 nitrogen and oxygen atoms in total. The Kier molecular flexibility index (Phi) is 5.53. The van der Waals surface area contributed by atoms with Gasteiger partial charge in [-0.25, -0.2) is 4.98 Å². The van der Waals surface area contributed by atoms with Gasteiger partial charge in [-0.1, -0.05) is 11.6 Å². The highest BCUT2D eigenvalue weighted by Gasteiger charge is 2.44. The summed E-state index contributed by atoms with van der Waals surface area (Å²) in [5, 5.41) is 0.642. The van der Waals surface area contributed by atoms with Gasteiger partial charge < -0.3 is 23.7 Å². The van der Waals surface area contributed by atoms with Gasteiger partial charge in [-0.05, 0) is 30.3 Å². The van der Waals surface area contributed by atoms with Gasteiger partial charge in [0.2, 0.25) is 5.88 Å². The van der Waals surface area contributed by atoms with Crippen LogP contribution in [-0.2, 0) is 10.3 Å². The molecule has 1 aromatic carbocycles. The van der Waals surface area contributed by atoms with Crippen molar-refractivity contribution in [2.45, 2.75) is 18.4 Å². The van der Waals surface area contributed by atoms with E-state index in [0.29, 0.717) is 55.6 Å². The zero-order valence-electron chi connectivity index (χ0n) is 17.8. The standard InChI is InChI=1S/C24H24ClN3O4/c1-30-13-14-31-22-15-17(6-9-26-22)23(29)27-11-7-24(8-12-27)21-3-2-10-28(21)19-5-4-18(25)16-20(19)32-24/h2-6,9-10,15-16H,7-8,11-14H2,1H3. The van der Waals surface area contributed by atoms with Crippen LogP contribution in [0, 0.1) is 0 Å². The first-order valence-electron chi connectivity index (χ1n) is 10.6.